The van der Waals surface area contributed by atoms with E-state index in [0.717, 1.165) is 45.5 Å². The lowest BCUT2D eigenvalue weighted by atomic mass is 10.2. The highest BCUT2D eigenvalue weighted by Gasteiger charge is 2.19. The maximum Gasteiger partial charge on any atom is 0.262 e. The number of fused-ring (bicyclic) bond motifs is 1. The van der Waals surface area contributed by atoms with Crippen molar-refractivity contribution in [2.24, 2.45) is 0 Å². The van der Waals surface area contributed by atoms with Gasteiger partial charge in [0.1, 0.15) is 5.52 Å². The monoisotopic (exact) mass is 457 g/mol. The van der Waals surface area contributed by atoms with Gasteiger partial charge in [0.2, 0.25) is 5.95 Å². The van der Waals surface area contributed by atoms with Crippen LogP contribution in [0.15, 0.2) is 28.6 Å². The molecule has 1 saturated heterocycles. The van der Waals surface area contributed by atoms with Gasteiger partial charge in [0, 0.05) is 32.4 Å². The first-order chi connectivity index (χ1) is 16.0. The van der Waals surface area contributed by atoms with Crippen LogP contribution in [0.1, 0.15) is 20.3 Å². The molecule has 0 aliphatic carbocycles. The van der Waals surface area contributed by atoms with Crippen LogP contribution in [0.2, 0.25) is 0 Å². The molecule has 10 nitrogen and oxygen atoms in total. The number of carbonyl (C=O) groups excluding carboxylic acids is 1. The van der Waals surface area contributed by atoms with Crippen LogP contribution < -0.4 is 20.3 Å². The number of benzene rings is 1. The summed E-state index contributed by atoms with van der Waals surface area (Å²) in [7, 11) is 1.49. The molecule has 1 aromatic heterocycles. The summed E-state index contributed by atoms with van der Waals surface area (Å²) >= 11 is 0. The SMILES string of the molecule is C/C=C(\C=N)C(=O)Nc1nc2c(OC)c(OCCCN3CCOCC3)ccc2c(=O)n1CC. The molecule has 0 saturated carbocycles. The van der Waals surface area contributed by atoms with Gasteiger partial charge in [-0.15, -0.1) is 0 Å². The van der Waals surface area contributed by atoms with Gasteiger partial charge in [0.15, 0.2) is 11.5 Å². The van der Waals surface area contributed by atoms with E-state index in [9.17, 15) is 9.59 Å². The third-order valence-electron chi connectivity index (χ3n) is 5.50. The van der Waals surface area contributed by atoms with Gasteiger partial charge in [-0.2, -0.15) is 0 Å². The zero-order valence-corrected chi connectivity index (χ0v) is 19.3. The molecule has 1 amide bonds. The highest BCUT2D eigenvalue weighted by molar-refractivity contribution is 6.16. The molecule has 0 spiro atoms. The fourth-order valence-electron chi connectivity index (χ4n) is 3.69. The van der Waals surface area contributed by atoms with Crippen LogP contribution in [0.5, 0.6) is 11.5 Å². The van der Waals surface area contributed by atoms with E-state index in [-0.39, 0.29) is 17.1 Å². The predicted molar refractivity (Wildman–Crippen MR) is 127 cm³/mol. The van der Waals surface area contributed by atoms with Gasteiger partial charge in [-0.05, 0) is 32.4 Å². The number of nitrogens with zero attached hydrogens (tertiary/aromatic N) is 3. The number of nitrogens with one attached hydrogen (secondary N) is 2. The summed E-state index contributed by atoms with van der Waals surface area (Å²) in [6, 6.07) is 3.38. The zero-order valence-electron chi connectivity index (χ0n) is 19.3. The second kappa shape index (κ2) is 11.6. The molecule has 3 rings (SSSR count). The normalized spacial score (nSPS) is 14.8. The molecule has 1 aliphatic heterocycles. The summed E-state index contributed by atoms with van der Waals surface area (Å²) in [6.45, 7) is 8.53. The molecule has 0 radical (unpaired) electrons. The van der Waals surface area contributed by atoms with Gasteiger partial charge >= 0.3 is 0 Å². The largest absolute Gasteiger partial charge is 0.491 e. The first-order valence-electron chi connectivity index (χ1n) is 11.1. The van der Waals surface area contributed by atoms with Crippen LogP contribution in [0.3, 0.4) is 0 Å². The van der Waals surface area contributed by atoms with E-state index in [1.807, 2.05) is 0 Å². The molecule has 0 bridgehead atoms. The molecule has 2 N–H and O–H groups in total. The Hall–Kier alpha value is -3.24. The van der Waals surface area contributed by atoms with Crippen molar-refractivity contribution < 1.29 is 19.0 Å². The number of amides is 1. The molecule has 1 aliphatic rings. The van der Waals surface area contributed by atoms with Crippen LogP contribution in [-0.2, 0) is 16.1 Å². The van der Waals surface area contributed by atoms with Crippen molar-refractivity contribution in [1.29, 1.82) is 5.41 Å². The van der Waals surface area contributed by atoms with Crippen molar-refractivity contribution in [2.75, 3.05) is 51.9 Å². The Morgan fingerprint density at radius 2 is 2.09 bits per heavy atom. The highest BCUT2D eigenvalue weighted by atomic mass is 16.5. The number of ether oxygens (including phenoxy) is 3. The van der Waals surface area contributed by atoms with Crippen molar-refractivity contribution >= 4 is 29.0 Å². The van der Waals surface area contributed by atoms with E-state index >= 15 is 0 Å². The van der Waals surface area contributed by atoms with E-state index in [1.165, 1.54) is 17.8 Å². The Kier molecular flexibility index (Phi) is 8.56. The molecule has 33 heavy (non-hydrogen) atoms. The fourth-order valence-corrected chi connectivity index (χ4v) is 3.69. The minimum Gasteiger partial charge on any atom is -0.491 e. The molecular formula is C23H31N5O5. The Morgan fingerprint density at radius 3 is 2.73 bits per heavy atom. The molecule has 2 heterocycles. The van der Waals surface area contributed by atoms with Crippen LogP contribution in [0.25, 0.3) is 10.9 Å². The quantitative estimate of drug-likeness (QED) is 0.318. The number of rotatable bonds is 10. The first-order valence-corrected chi connectivity index (χ1v) is 11.1. The highest BCUT2D eigenvalue weighted by Crippen LogP contribution is 2.34. The van der Waals surface area contributed by atoms with Crippen molar-refractivity contribution in [3.63, 3.8) is 0 Å². The number of anilines is 1. The van der Waals surface area contributed by atoms with Crippen molar-refractivity contribution in [3.8, 4) is 11.5 Å². The standard InChI is InChI=1S/C23H31N5O5/c1-4-16(15-24)21(29)26-23-25-19-17(22(30)28(23)5-2)7-8-18(20(19)31-3)33-12-6-9-27-10-13-32-14-11-27/h4,7-8,15,24H,5-6,9-14H2,1-3H3,(H,25,26,29)/b16-4+,24-15?. The van der Waals surface area contributed by atoms with Crippen molar-refractivity contribution in [1.82, 2.24) is 14.5 Å². The average Bonchev–Trinajstić information content (AvgIpc) is 2.83. The third-order valence-corrected chi connectivity index (χ3v) is 5.50. The van der Waals surface area contributed by atoms with Crippen LogP contribution >= 0.6 is 0 Å². The van der Waals surface area contributed by atoms with Gasteiger partial charge in [-0.1, -0.05) is 6.08 Å². The molecule has 1 aromatic carbocycles. The maximum atomic E-state index is 13.1. The number of aromatic nitrogens is 2. The molecular weight excluding hydrogens is 426 g/mol. The summed E-state index contributed by atoms with van der Waals surface area (Å²) in [5.74, 6) is 0.395. The number of hydrogen-bond donors (Lipinski definition) is 2. The number of morpholine rings is 1. The van der Waals surface area contributed by atoms with E-state index < -0.39 is 5.91 Å². The van der Waals surface area contributed by atoms with E-state index in [4.69, 9.17) is 19.6 Å². The fraction of sp³-hybridized carbons (Fsp3) is 0.478. The molecule has 0 unspecified atom stereocenters. The van der Waals surface area contributed by atoms with Gasteiger partial charge in [0.25, 0.3) is 11.5 Å². The Bertz CT molecular complexity index is 1090. The van der Waals surface area contributed by atoms with Gasteiger partial charge < -0.3 is 19.6 Å². The lowest BCUT2D eigenvalue weighted by Crippen LogP contribution is -2.37. The molecule has 178 valence electrons. The lowest BCUT2D eigenvalue weighted by molar-refractivity contribution is -0.112. The van der Waals surface area contributed by atoms with Crippen LogP contribution in [0, 0.1) is 5.41 Å². The van der Waals surface area contributed by atoms with Crippen LogP contribution in [-0.4, -0.2) is 73.1 Å². The second-order valence-electron chi connectivity index (χ2n) is 7.48. The Balaban J connectivity index is 1.87. The molecule has 1 fully saturated rings. The predicted octanol–water partition coefficient (Wildman–Crippen LogP) is 2.06. The van der Waals surface area contributed by atoms with Crippen LogP contribution in [0.4, 0.5) is 5.95 Å². The second-order valence-corrected chi connectivity index (χ2v) is 7.48. The zero-order chi connectivity index (χ0) is 23.8. The smallest absolute Gasteiger partial charge is 0.262 e. The summed E-state index contributed by atoms with van der Waals surface area (Å²) in [5.41, 5.74) is 0.174. The topological polar surface area (TPSA) is 119 Å². The van der Waals surface area contributed by atoms with E-state index in [1.54, 1.807) is 26.0 Å². The number of allylic oxidation sites excluding steroid dienone is 1. The van der Waals surface area contributed by atoms with Gasteiger partial charge in [-0.25, -0.2) is 4.98 Å². The number of hydrogen-bond acceptors (Lipinski definition) is 8. The van der Waals surface area contributed by atoms with E-state index in [0.29, 0.717) is 35.6 Å². The van der Waals surface area contributed by atoms with E-state index in [2.05, 4.69) is 15.2 Å². The third kappa shape index (κ3) is 5.58. The minimum absolute atomic E-state index is 0.0870. The first kappa shape index (κ1) is 24.4. The van der Waals surface area contributed by atoms with Crippen molar-refractivity contribution in [2.45, 2.75) is 26.8 Å². The van der Waals surface area contributed by atoms with Gasteiger partial charge in [0.05, 0.1) is 37.9 Å². The Morgan fingerprint density at radius 1 is 1.33 bits per heavy atom. The van der Waals surface area contributed by atoms with Crippen molar-refractivity contribution in [3.05, 3.63) is 34.1 Å². The summed E-state index contributed by atoms with van der Waals surface area (Å²) in [6.07, 6.45) is 3.30. The molecule has 0 atom stereocenters. The summed E-state index contributed by atoms with van der Waals surface area (Å²) in [5, 5.41) is 10.4. The maximum absolute atomic E-state index is 13.1. The molecule has 10 heteroatoms. The summed E-state index contributed by atoms with van der Waals surface area (Å²) < 4.78 is 18.3. The molecule has 2 aromatic rings. The Labute approximate surface area is 192 Å². The minimum atomic E-state index is -0.518. The number of methoxy groups -OCH3 is 1. The summed E-state index contributed by atoms with van der Waals surface area (Å²) in [4.78, 5) is 32.4. The lowest BCUT2D eigenvalue weighted by Gasteiger charge is -2.26. The average molecular weight is 458 g/mol. The van der Waals surface area contributed by atoms with Gasteiger partial charge in [-0.3, -0.25) is 24.4 Å². The number of carbonyl (C=O) groups is 1.